The van der Waals surface area contributed by atoms with Gasteiger partial charge in [-0.2, -0.15) is 0 Å². The number of H-pyrrole nitrogens is 2. The molecule has 378 valence electrons. The van der Waals surface area contributed by atoms with Gasteiger partial charge >= 0.3 is 6.09 Å². The molecule has 6 aliphatic rings. The number of anilines is 2. The van der Waals surface area contributed by atoms with Crippen molar-refractivity contribution in [2.45, 2.75) is 134 Å². The van der Waals surface area contributed by atoms with Gasteiger partial charge in [0, 0.05) is 37.1 Å². The highest BCUT2D eigenvalue weighted by Crippen LogP contribution is 2.50. The lowest BCUT2D eigenvalue weighted by atomic mass is 9.79. The minimum absolute atomic E-state index is 0.000286. The number of methoxy groups -OCH3 is 2. The predicted octanol–water partition coefficient (Wildman–Crippen LogP) is 10.6. The van der Waals surface area contributed by atoms with Crippen LogP contribution in [0.2, 0.25) is 0 Å². The number of amides is 2. The van der Waals surface area contributed by atoms with Crippen LogP contribution in [0.5, 0.6) is 0 Å². The zero-order chi connectivity index (χ0) is 49.8. The first-order valence-electron chi connectivity index (χ1n) is 25.8. The Morgan fingerprint density at radius 3 is 1.75 bits per heavy atom. The van der Waals surface area contributed by atoms with Gasteiger partial charge in [0.1, 0.15) is 23.4 Å². The largest absolute Gasteiger partial charge is 0.483 e. The molecule has 5 aromatic rings. The van der Waals surface area contributed by atoms with Crippen LogP contribution in [0.25, 0.3) is 22.1 Å². The number of alkyl carbamates (subject to hydrolysis) is 1. The summed E-state index contributed by atoms with van der Waals surface area (Å²) in [6.45, 7) is 18.6. The number of fused-ring (bicyclic) bond motifs is 5. The van der Waals surface area contributed by atoms with Crippen LogP contribution in [0, 0.1) is 29.4 Å². The van der Waals surface area contributed by atoms with E-state index < -0.39 is 23.8 Å². The van der Waals surface area contributed by atoms with Crippen molar-refractivity contribution >= 4 is 45.4 Å². The number of piperidine rings is 2. The summed E-state index contributed by atoms with van der Waals surface area (Å²) in [4.78, 5) is 52.2. The van der Waals surface area contributed by atoms with Crippen LogP contribution < -0.4 is 20.4 Å². The Bertz CT molecular complexity index is 2650. The molecule has 5 saturated heterocycles. The molecule has 7 heterocycles. The molecule has 11 rings (SSSR count). The monoisotopic (exact) mass is 973 g/mol. The number of ether oxygens (including phenoxy) is 2. The second-order valence-electron chi connectivity index (χ2n) is 21.3. The van der Waals surface area contributed by atoms with Gasteiger partial charge < -0.3 is 49.7 Å². The van der Waals surface area contributed by atoms with E-state index in [9.17, 15) is 9.59 Å². The Morgan fingerprint density at radius 2 is 1.24 bits per heavy atom. The molecular weight excluding hydrogens is 903 g/mol. The van der Waals surface area contributed by atoms with Gasteiger partial charge in [0.2, 0.25) is 5.91 Å². The average molecular weight is 973 g/mol. The molecule has 0 radical (unpaired) electrons. The van der Waals surface area contributed by atoms with Crippen molar-refractivity contribution in [2.75, 3.05) is 43.7 Å². The van der Waals surface area contributed by atoms with Crippen LogP contribution in [-0.2, 0) is 14.3 Å². The maximum absolute atomic E-state index is 16.8. The Kier molecular flexibility index (Phi) is 13.4. The number of imidazole rings is 2. The predicted molar refractivity (Wildman–Crippen MR) is 272 cm³/mol. The quantitative estimate of drug-likeness (QED) is 0.0748. The molecule has 2 amide bonds. The molecule has 6 atom stereocenters. The lowest BCUT2D eigenvalue weighted by molar-refractivity contribution is -0.135. The summed E-state index contributed by atoms with van der Waals surface area (Å²) < 4.78 is 43.7. The summed E-state index contributed by atoms with van der Waals surface area (Å²) in [5.41, 5.74) is 6.73. The number of nitrogens with one attached hydrogen (secondary N) is 4. The summed E-state index contributed by atoms with van der Waals surface area (Å²) >= 11 is 0. The van der Waals surface area contributed by atoms with Gasteiger partial charge in [-0.3, -0.25) is 4.79 Å². The second kappa shape index (κ2) is 19.7. The van der Waals surface area contributed by atoms with E-state index >= 15 is 8.78 Å². The number of rotatable bonds is 15. The molecule has 16 heteroatoms. The molecule has 3 aromatic carbocycles. The average Bonchev–Trinajstić information content (AvgIpc) is 4.23. The highest BCUT2D eigenvalue weighted by atomic mass is 19.1. The van der Waals surface area contributed by atoms with Crippen LogP contribution in [0.4, 0.5) is 25.0 Å². The molecular formula is C55H70F2N10O4. The number of likely N-dealkylation sites (tertiary alicyclic amines) is 2. The summed E-state index contributed by atoms with van der Waals surface area (Å²) in [5, 5.41) is 6.14. The third kappa shape index (κ3) is 9.15. The summed E-state index contributed by atoms with van der Waals surface area (Å²) in [6.07, 6.45) is 8.58. The Labute approximate surface area is 415 Å². The molecule has 3 unspecified atom stereocenters. The molecule has 71 heavy (non-hydrogen) atoms. The van der Waals surface area contributed by atoms with Crippen molar-refractivity contribution < 1.29 is 27.8 Å². The van der Waals surface area contributed by atoms with Gasteiger partial charge in [-0.1, -0.05) is 46.4 Å². The fourth-order valence-electron chi connectivity index (χ4n) is 12.6. The lowest BCUT2D eigenvalue weighted by Crippen LogP contribution is -2.48. The fourth-order valence-corrected chi connectivity index (χ4v) is 12.6. The smallest absolute Gasteiger partial charge is 0.407 e. The maximum atomic E-state index is 16.8. The number of halogens is 2. The standard InChI is InChI=1S/C55H70F2N10O4/c1-30(2)49(63-55(69)71-8)32(5)64-23-9-11-47(64)52-59-41-19-15-35(25-43(41)61-52)45-21-22-46(67(45)38-27-39(56)51(40(57)28-38)66-29-34-13-17-37(66)18-14-34)36-16-20-42-44(26-36)62-53(60-42)48-12-10-24-65(48)54(68)50(31(3)4)58-33(6)70-7/h15-16,19-20,25-28,30-31,34,37,45-50,58H,5-6,9-14,17-18,21-24,29H2,1-4,7-8H3,(H,59,61)(H,60,62)(H,63,69)/t34?,37?,45?,46-,47+,48?,49+,50?/m1/s1. The number of hydrogen-bond acceptors (Lipinski definition) is 10. The summed E-state index contributed by atoms with van der Waals surface area (Å²) in [6, 6.07) is 14.2. The van der Waals surface area contributed by atoms with E-state index in [1.54, 1.807) is 12.1 Å². The SMILES string of the molecule is C=C(NC(C(=O)N1CCCC1c1nc2cc([C@H]3CCC(c4ccc5[nH]c([C@@H]6CCCN6C(=C)[C@@H](NC(=O)OC)C(C)C)nc5c4)N3c3cc(F)c(N4CC5CCC4CC5)c(F)c3)ccc2[nH]1)C(C)C)OC. The molecule has 1 aliphatic carbocycles. The number of hydrogen-bond donors (Lipinski definition) is 4. The minimum Gasteiger partial charge on any atom is -0.483 e. The minimum atomic E-state index is -0.530. The number of aromatic amines is 2. The number of carbonyl (C=O) groups excluding carboxylic acids is 2. The molecule has 2 bridgehead atoms. The zero-order valence-electron chi connectivity index (χ0n) is 42.1. The van der Waals surface area contributed by atoms with Crippen molar-refractivity contribution in [3.8, 4) is 0 Å². The number of aromatic nitrogens is 4. The molecule has 5 aliphatic heterocycles. The Hall–Kier alpha value is -6.32. The van der Waals surface area contributed by atoms with Gasteiger partial charge in [-0.05, 0) is 136 Å². The third-order valence-electron chi connectivity index (χ3n) is 16.3. The van der Waals surface area contributed by atoms with Crippen molar-refractivity contribution in [2.24, 2.45) is 17.8 Å². The molecule has 2 aromatic heterocycles. The summed E-state index contributed by atoms with van der Waals surface area (Å²) in [5.74, 6) is 1.38. The first-order chi connectivity index (χ1) is 34.2. The highest BCUT2D eigenvalue weighted by molar-refractivity contribution is 5.83. The van der Waals surface area contributed by atoms with Crippen LogP contribution >= 0.6 is 0 Å². The number of carbonyl (C=O) groups is 2. The van der Waals surface area contributed by atoms with Gasteiger partial charge in [0.25, 0.3) is 0 Å². The van der Waals surface area contributed by atoms with Gasteiger partial charge in [0.05, 0.1) is 66.5 Å². The van der Waals surface area contributed by atoms with Crippen LogP contribution in [0.1, 0.15) is 139 Å². The topological polar surface area (TPSA) is 147 Å². The molecule has 1 saturated carbocycles. The van der Waals surface area contributed by atoms with E-state index in [1.165, 1.54) is 14.2 Å². The highest BCUT2D eigenvalue weighted by Gasteiger charge is 2.41. The van der Waals surface area contributed by atoms with E-state index in [1.807, 2.05) is 29.7 Å². The van der Waals surface area contributed by atoms with E-state index in [-0.39, 0.29) is 59.7 Å². The molecule has 4 N–H and O–H groups in total. The van der Waals surface area contributed by atoms with Gasteiger partial charge in [0.15, 0.2) is 17.5 Å². The van der Waals surface area contributed by atoms with Crippen molar-refractivity contribution in [1.82, 2.24) is 40.4 Å². The first kappa shape index (κ1) is 48.3. The van der Waals surface area contributed by atoms with E-state index in [2.05, 4.69) is 87.7 Å². The zero-order valence-corrected chi connectivity index (χ0v) is 42.1. The lowest BCUT2D eigenvalue weighted by Gasteiger charge is -2.47. The Morgan fingerprint density at radius 1 is 0.690 bits per heavy atom. The van der Waals surface area contributed by atoms with Gasteiger partial charge in [-0.25, -0.2) is 23.5 Å². The number of nitrogens with zero attached hydrogens (tertiary/aromatic N) is 6. The van der Waals surface area contributed by atoms with Crippen molar-refractivity contribution in [1.29, 1.82) is 0 Å². The maximum Gasteiger partial charge on any atom is 0.407 e. The second-order valence-corrected chi connectivity index (χ2v) is 21.3. The normalized spacial score (nSPS) is 24.1. The first-order valence-corrected chi connectivity index (χ1v) is 25.8. The third-order valence-corrected chi connectivity index (χ3v) is 16.3. The Balaban J connectivity index is 0.974. The van der Waals surface area contributed by atoms with E-state index in [0.29, 0.717) is 30.6 Å². The van der Waals surface area contributed by atoms with Crippen molar-refractivity contribution in [3.63, 3.8) is 0 Å². The summed E-state index contributed by atoms with van der Waals surface area (Å²) in [7, 11) is 2.90. The fraction of sp³-hybridized carbons (Fsp3) is 0.527. The van der Waals surface area contributed by atoms with Crippen LogP contribution in [0.15, 0.2) is 73.3 Å². The van der Waals surface area contributed by atoms with Crippen LogP contribution in [-0.4, -0.2) is 93.7 Å². The van der Waals surface area contributed by atoms with Crippen molar-refractivity contribution in [3.05, 3.63) is 108 Å². The van der Waals surface area contributed by atoms with E-state index in [4.69, 9.17) is 19.4 Å². The van der Waals surface area contributed by atoms with Gasteiger partial charge in [-0.15, -0.1) is 0 Å². The number of benzene rings is 3. The molecule has 14 nitrogen and oxygen atoms in total. The molecule has 6 fully saturated rings. The van der Waals surface area contributed by atoms with E-state index in [0.717, 1.165) is 121 Å². The van der Waals surface area contributed by atoms with Crippen LogP contribution in [0.3, 0.4) is 0 Å². The molecule has 0 spiro atoms.